The molecule has 0 spiro atoms. The zero-order valence-electron chi connectivity index (χ0n) is 12.2. The first-order valence-corrected chi connectivity index (χ1v) is 7.09. The van der Waals surface area contributed by atoms with Crippen LogP contribution in [0.5, 0.6) is 0 Å². The molecule has 5 nitrogen and oxygen atoms in total. The van der Waals surface area contributed by atoms with Gasteiger partial charge in [-0.3, -0.25) is 4.98 Å². The molecular weight excluding hydrogens is 269 g/mol. The molecule has 0 aliphatic heterocycles. The Morgan fingerprint density at radius 3 is 2.86 bits per heavy atom. The molecule has 0 saturated carbocycles. The van der Waals surface area contributed by atoms with Crippen LogP contribution < -0.4 is 10.6 Å². The lowest BCUT2D eigenvalue weighted by Crippen LogP contribution is -2.28. The highest BCUT2D eigenvalue weighted by molar-refractivity contribution is 5.41. The number of hydrogen-bond acceptors (Lipinski definition) is 5. The molecule has 0 amide bonds. The summed E-state index contributed by atoms with van der Waals surface area (Å²) in [5.41, 5.74) is 7.02. The maximum absolute atomic E-state index is 14.4. The summed E-state index contributed by atoms with van der Waals surface area (Å²) in [6.07, 6.45) is 6.21. The predicted molar refractivity (Wildman–Crippen MR) is 80.3 cm³/mol. The normalized spacial score (nSPS) is 10.6. The molecule has 0 bridgehead atoms. The van der Waals surface area contributed by atoms with Gasteiger partial charge in [-0.1, -0.05) is 13.0 Å². The molecule has 0 aliphatic carbocycles. The van der Waals surface area contributed by atoms with Crippen molar-refractivity contribution in [2.75, 3.05) is 18.0 Å². The summed E-state index contributed by atoms with van der Waals surface area (Å²) in [6.45, 7) is 3.62. The molecule has 0 unspecified atom stereocenters. The third-order valence-electron chi connectivity index (χ3n) is 3.21. The van der Waals surface area contributed by atoms with Crippen LogP contribution in [0.4, 0.5) is 10.2 Å². The Morgan fingerprint density at radius 2 is 2.19 bits per heavy atom. The van der Waals surface area contributed by atoms with Crippen molar-refractivity contribution < 1.29 is 4.39 Å². The van der Waals surface area contributed by atoms with Gasteiger partial charge in [0.15, 0.2) is 11.6 Å². The highest BCUT2D eigenvalue weighted by Crippen LogP contribution is 2.20. The second kappa shape index (κ2) is 7.64. The first-order chi connectivity index (χ1) is 10.3. The van der Waals surface area contributed by atoms with Gasteiger partial charge in [0.05, 0.1) is 5.69 Å². The van der Waals surface area contributed by atoms with Crippen LogP contribution in [0.25, 0.3) is 0 Å². The van der Waals surface area contributed by atoms with E-state index in [2.05, 4.69) is 15.0 Å². The fourth-order valence-electron chi connectivity index (χ4n) is 2.12. The molecule has 0 aliphatic rings. The molecule has 0 atom stereocenters. The lowest BCUT2D eigenvalue weighted by molar-refractivity contribution is 0.578. The highest BCUT2D eigenvalue weighted by atomic mass is 19.1. The van der Waals surface area contributed by atoms with Crippen LogP contribution in [-0.4, -0.2) is 28.0 Å². The summed E-state index contributed by atoms with van der Waals surface area (Å²) < 4.78 is 14.4. The van der Waals surface area contributed by atoms with Gasteiger partial charge < -0.3 is 10.6 Å². The molecular formula is C15H20FN5. The van der Waals surface area contributed by atoms with Crippen molar-refractivity contribution in [1.29, 1.82) is 0 Å². The topological polar surface area (TPSA) is 67.9 Å². The van der Waals surface area contributed by atoms with E-state index in [-0.39, 0.29) is 5.82 Å². The van der Waals surface area contributed by atoms with Crippen LogP contribution in [0.2, 0.25) is 0 Å². The van der Waals surface area contributed by atoms with Crippen LogP contribution in [0, 0.1) is 5.82 Å². The van der Waals surface area contributed by atoms with Gasteiger partial charge in [-0.25, -0.2) is 14.4 Å². The summed E-state index contributed by atoms with van der Waals surface area (Å²) in [7, 11) is 0. The maximum atomic E-state index is 14.4. The molecule has 0 aromatic carbocycles. The average molecular weight is 289 g/mol. The van der Waals surface area contributed by atoms with Crippen molar-refractivity contribution in [3.05, 3.63) is 47.9 Å². The zero-order chi connectivity index (χ0) is 15.1. The van der Waals surface area contributed by atoms with Gasteiger partial charge in [-0.2, -0.15) is 0 Å². The minimum absolute atomic E-state index is 0.333. The van der Waals surface area contributed by atoms with Gasteiger partial charge in [0, 0.05) is 25.5 Å². The van der Waals surface area contributed by atoms with Crippen molar-refractivity contribution in [1.82, 2.24) is 15.0 Å². The number of nitrogens with two attached hydrogens (primary N) is 1. The Bertz CT molecular complexity index is 561. The van der Waals surface area contributed by atoms with Crippen molar-refractivity contribution in [2.45, 2.75) is 26.3 Å². The van der Waals surface area contributed by atoms with Crippen LogP contribution in [0.15, 0.2) is 30.9 Å². The predicted octanol–water partition coefficient (Wildman–Crippen LogP) is 1.93. The Labute approximate surface area is 124 Å². The summed E-state index contributed by atoms with van der Waals surface area (Å²) in [5.74, 6) is -0.0138. The first kappa shape index (κ1) is 15.3. The number of nitrogens with zero attached hydrogens (tertiary/aromatic N) is 4. The number of anilines is 1. The van der Waals surface area contributed by atoms with E-state index in [1.54, 1.807) is 12.4 Å². The molecule has 112 valence electrons. The molecule has 2 rings (SSSR count). The maximum Gasteiger partial charge on any atom is 0.187 e. The Morgan fingerprint density at radius 1 is 1.33 bits per heavy atom. The van der Waals surface area contributed by atoms with Gasteiger partial charge in [0.2, 0.25) is 0 Å². The van der Waals surface area contributed by atoms with Crippen molar-refractivity contribution >= 4 is 5.82 Å². The molecule has 2 heterocycles. The van der Waals surface area contributed by atoms with Gasteiger partial charge in [-0.05, 0) is 31.0 Å². The number of pyridine rings is 1. The first-order valence-electron chi connectivity index (χ1n) is 7.09. The van der Waals surface area contributed by atoms with E-state index < -0.39 is 0 Å². The molecule has 0 radical (unpaired) electrons. The van der Waals surface area contributed by atoms with Gasteiger partial charge >= 0.3 is 0 Å². The monoisotopic (exact) mass is 289 g/mol. The minimum atomic E-state index is -0.346. The van der Waals surface area contributed by atoms with E-state index in [0.29, 0.717) is 37.6 Å². The number of hydrogen-bond donors (Lipinski definition) is 1. The second-order valence-corrected chi connectivity index (χ2v) is 4.74. The van der Waals surface area contributed by atoms with Crippen LogP contribution in [0.1, 0.15) is 24.6 Å². The number of aromatic nitrogens is 3. The number of aryl methyl sites for hydroxylation is 1. The van der Waals surface area contributed by atoms with Crippen molar-refractivity contribution in [3.63, 3.8) is 0 Å². The van der Waals surface area contributed by atoms with Crippen molar-refractivity contribution in [3.8, 4) is 0 Å². The molecule has 0 saturated heterocycles. The van der Waals surface area contributed by atoms with Crippen LogP contribution in [0.3, 0.4) is 0 Å². The molecule has 2 N–H and O–H groups in total. The highest BCUT2D eigenvalue weighted by Gasteiger charge is 2.16. The van der Waals surface area contributed by atoms with Crippen LogP contribution >= 0.6 is 0 Å². The van der Waals surface area contributed by atoms with Gasteiger partial charge in [0.25, 0.3) is 0 Å². The van der Waals surface area contributed by atoms with E-state index in [9.17, 15) is 4.39 Å². The third-order valence-corrected chi connectivity index (χ3v) is 3.21. The standard InChI is InChI=1S/C15H20FN5/c1-2-13-14(16)15(20-11-19-13)21(8-4-6-17)10-12-5-3-7-18-9-12/h3,5,7,9,11H,2,4,6,8,10,17H2,1H3. The summed E-state index contributed by atoms with van der Waals surface area (Å²) >= 11 is 0. The quantitative estimate of drug-likeness (QED) is 0.843. The van der Waals surface area contributed by atoms with Crippen LogP contribution in [-0.2, 0) is 13.0 Å². The zero-order valence-corrected chi connectivity index (χ0v) is 12.2. The second-order valence-electron chi connectivity index (χ2n) is 4.74. The molecule has 6 heteroatoms. The van der Waals surface area contributed by atoms with E-state index in [4.69, 9.17) is 5.73 Å². The Balaban J connectivity index is 2.27. The van der Waals surface area contributed by atoms with E-state index in [0.717, 1.165) is 12.0 Å². The summed E-state index contributed by atoms with van der Waals surface area (Å²) in [5, 5.41) is 0. The number of rotatable bonds is 7. The lowest BCUT2D eigenvalue weighted by Gasteiger charge is -2.24. The summed E-state index contributed by atoms with van der Waals surface area (Å²) in [6, 6.07) is 3.83. The molecule has 0 fully saturated rings. The van der Waals surface area contributed by atoms with E-state index >= 15 is 0 Å². The number of halogens is 1. The Kier molecular flexibility index (Phi) is 5.57. The van der Waals surface area contributed by atoms with E-state index in [1.165, 1.54) is 6.33 Å². The average Bonchev–Trinajstić information content (AvgIpc) is 2.53. The SMILES string of the molecule is CCc1ncnc(N(CCCN)Cc2cccnc2)c1F. The van der Waals surface area contributed by atoms with E-state index in [1.807, 2.05) is 24.0 Å². The van der Waals surface area contributed by atoms with Crippen molar-refractivity contribution in [2.24, 2.45) is 5.73 Å². The smallest absolute Gasteiger partial charge is 0.187 e. The molecule has 2 aromatic heterocycles. The fraction of sp³-hybridized carbons (Fsp3) is 0.400. The Hall–Kier alpha value is -2.08. The third kappa shape index (κ3) is 3.95. The minimum Gasteiger partial charge on any atom is -0.350 e. The molecule has 21 heavy (non-hydrogen) atoms. The molecule has 2 aromatic rings. The lowest BCUT2D eigenvalue weighted by atomic mass is 10.2. The van der Waals surface area contributed by atoms with Gasteiger partial charge in [0.1, 0.15) is 6.33 Å². The fourth-order valence-corrected chi connectivity index (χ4v) is 2.12. The van der Waals surface area contributed by atoms with Gasteiger partial charge in [-0.15, -0.1) is 0 Å². The summed E-state index contributed by atoms with van der Waals surface area (Å²) in [4.78, 5) is 14.1. The largest absolute Gasteiger partial charge is 0.350 e.